The van der Waals surface area contributed by atoms with Gasteiger partial charge in [0.1, 0.15) is 0 Å². The fourth-order valence-electron chi connectivity index (χ4n) is 5.77. The Kier molecular flexibility index (Phi) is 8.24. The van der Waals surface area contributed by atoms with Crippen molar-refractivity contribution in [1.82, 2.24) is 15.1 Å². The van der Waals surface area contributed by atoms with Gasteiger partial charge in [0.2, 0.25) is 17.7 Å². The van der Waals surface area contributed by atoms with Gasteiger partial charge in [-0.1, -0.05) is 30.3 Å². The van der Waals surface area contributed by atoms with Gasteiger partial charge in [0.15, 0.2) is 0 Å². The maximum atomic E-state index is 12.9. The maximum absolute atomic E-state index is 12.9. The number of rotatable bonds is 6. The van der Waals surface area contributed by atoms with Crippen molar-refractivity contribution in [3.63, 3.8) is 0 Å². The van der Waals surface area contributed by atoms with Crippen molar-refractivity contribution in [3.8, 4) is 0 Å². The van der Waals surface area contributed by atoms with Crippen molar-refractivity contribution >= 4 is 17.7 Å². The van der Waals surface area contributed by atoms with Gasteiger partial charge in [-0.3, -0.25) is 14.4 Å². The molecule has 0 aliphatic carbocycles. The number of piperidine rings is 2. The largest absolute Gasteiger partial charge is 0.375 e. The topological polar surface area (TPSA) is 79.0 Å². The average Bonchev–Trinajstić information content (AvgIpc) is 2.84. The number of hydrogen-bond acceptors (Lipinski definition) is 4. The molecule has 3 aliphatic heterocycles. The first kappa shape index (κ1) is 24.7. The number of carbonyl (C=O) groups excluding carboxylic acids is 3. The maximum Gasteiger partial charge on any atom is 0.222 e. The molecule has 0 aromatic heterocycles. The molecule has 1 aromatic rings. The third-order valence-corrected chi connectivity index (χ3v) is 7.95. The smallest absolute Gasteiger partial charge is 0.222 e. The van der Waals surface area contributed by atoms with E-state index in [1.165, 1.54) is 0 Å². The summed E-state index contributed by atoms with van der Waals surface area (Å²) in [6.45, 7) is 5.88. The molecule has 1 aromatic carbocycles. The predicted molar refractivity (Wildman–Crippen MR) is 130 cm³/mol. The zero-order valence-corrected chi connectivity index (χ0v) is 20.5. The molecule has 3 fully saturated rings. The van der Waals surface area contributed by atoms with Crippen LogP contribution in [0.15, 0.2) is 30.3 Å². The van der Waals surface area contributed by atoms with Crippen LogP contribution in [0, 0.1) is 11.8 Å². The summed E-state index contributed by atoms with van der Waals surface area (Å²) in [4.78, 5) is 40.8. The van der Waals surface area contributed by atoms with Gasteiger partial charge in [-0.05, 0) is 55.9 Å². The molecule has 186 valence electrons. The summed E-state index contributed by atoms with van der Waals surface area (Å²) in [5.74, 6) is 1.19. The first-order valence-corrected chi connectivity index (χ1v) is 12.9. The van der Waals surface area contributed by atoms with Crippen molar-refractivity contribution in [2.24, 2.45) is 11.8 Å². The standard InChI is InChI=1S/C27H39N3O4/c1-21(31)29-12-7-22(8-13-29)18-26(33)30-14-10-27(11-15-30)19-24(9-16-34-27)17-25(32)28-20-23-5-3-2-4-6-23/h2-6,22,24H,7-20H2,1H3,(H,28,32). The average molecular weight is 470 g/mol. The van der Waals surface area contributed by atoms with Crippen LogP contribution in [0.4, 0.5) is 0 Å². The van der Waals surface area contributed by atoms with E-state index >= 15 is 0 Å². The predicted octanol–water partition coefficient (Wildman–Crippen LogP) is 3.13. The number of nitrogens with one attached hydrogen (secondary N) is 1. The van der Waals surface area contributed by atoms with Gasteiger partial charge in [-0.15, -0.1) is 0 Å². The molecule has 1 atom stereocenters. The van der Waals surface area contributed by atoms with Gasteiger partial charge in [0, 0.05) is 59.1 Å². The molecule has 3 heterocycles. The molecule has 1 unspecified atom stereocenters. The van der Waals surface area contributed by atoms with E-state index in [-0.39, 0.29) is 23.3 Å². The Hall–Kier alpha value is -2.41. The van der Waals surface area contributed by atoms with Crippen LogP contribution in [0.3, 0.4) is 0 Å². The first-order valence-electron chi connectivity index (χ1n) is 12.9. The normalized spacial score (nSPS) is 23.0. The van der Waals surface area contributed by atoms with E-state index < -0.39 is 0 Å². The van der Waals surface area contributed by atoms with Crippen LogP contribution in [-0.2, 0) is 25.7 Å². The molecule has 34 heavy (non-hydrogen) atoms. The molecule has 1 N–H and O–H groups in total. The molecule has 0 bridgehead atoms. The lowest BCUT2D eigenvalue weighted by atomic mass is 9.78. The third-order valence-electron chi connectivity index (χ3n) is 7.95. The van der Waals surface area contributed by atoms with E-state index in [1.54, 1.807) is 6.92 Å². The highest BCUT2D eigenvalue weighted by Crippen LogP contribution is 2.39. The van der Waals surface area contributed by atoms with Crippen molar-refractivity contribution in [3.05, 3.63) is 35.9 Å². The zero-order chi connectivity index (χ0) is 24.0. The minimum absolute atomic E-state index is 0.106. The molecule has 3 amide bonds. The summed E-state index contributed by atoms with van der Waals surface area (Å²) in [6, 6.07) is 9.99. The molecule has 3 saturated heterocycles. The van der Waals surface area contributed by atoms with Gasteiger partial charge in [-0.2, -0.15) is 0 Å². The van der Waals surface area contributed by atoms with Crippen molar-refractivity contribution in [2.45, 2.75) is 70.4 Å². The fourth-order valence-corrected chi connectivity index (χ4v) is 5.77. The Morgan fingerprint density at radius 3 is 2.32 bits per heavy atom. The Bertz CT molecular complexity index is 843. The van der Waals surface area contributed by atoms with Gasteiger partial charge in [0.05, 0.1) is 5.60 Å². The van der Waals surface area contributed by atoms with E-state index in [9.17, 15) is 14.4 Å². The second-order valence-corrected chi connectivity index (χ2v) is 10.4. The highest BCUT2D eigenvalue weighted by molar-refractivity contribution is 5.77. The molecule has 1 spiro atoms. The molecule has 7 nitrogen and oxygen atoms in total. The lowest BCUT2D eigenvalue weighted by Gasteiger charge is -2.46. The number of amides is 3. The van der Waals surface area contributed by atoms with E-state index in [4.69, 9.17) is 4.74 Å². The summed E-state index contributed by atoms with van der Waals surface area (Å²) in [5.41, 5.74) is 0.924. The summed E-state index contributed by atoms with van der Waals surface area (Å²) < 4.78 is 6.25. The summed E-state index contributed by atoms with van der Waals surface area (Å²) >= 11 is 0. The SMILES string of the molecule is CC(=O)N1CCC(CC(=O)N2CCC3(CC2)CC(CC(=O)NCc2ccccc2)CCO3)CC1. The minimum atomic E-state index is -0.188. The van der Waals surface area contributed by atoms with E-state index in [1.807, 2.05) is 40.1 Å². The number of benzene rings is 1. The Morgan fingerprint density at radius 1 is 0.941 bits per heavy atom. The van der Waals surface area contributed by atoms with E-state index in [2.05, 4.69) is 5.32 Å². The van der Waals surface area contributed by atoms with Crippen LogP contribution in [0.1, 0.15) is 63.9 Å². The number of hydrogen-bond donors (Lipinski definition) is 1. The number of nitrogens with zero attached hydrogens (tertiary/aromatic N) is 2. The molecular formula is C27H39N3O4. The summed E-state index contributed by atoms with van der Waals surface area (Å²) in [5, 5.41) is 3.05. The van der Waals surface area contributed by atoms with E-state index in [0.29, 0.717) is 37.8 Å². The quantitative estimate of drug-likeness (QED) is 0.694. The molecule has 3 aliphatic rings. The highest BCUT2D eigenvalue weighted by Gasteiger charge is 2.41. The number of ether oxygens (including phenoxy) is 1. The molecule has 0 saturated carbocycles. The van der Waals surface area contributed by atoms with Crippen molar-refractivity contribution in [1.29, 1.82) is 0 Å². The number of likely N-dealkylation sites (tertiary alicyclic amines) is 2. The van der Waals surface area contributed by atoms with Crippen molar-refractivity contribution in [2.75, 3.05) is 32.8 Å². The molecular weight excluding hydrogens is 430 g/mol. The van der Waals surface area contributed by atoms with Gasteiger partial charge in [0.25, 0.3) is 0 Å². The minimum Gasteiger partial charge on any atom is -0.375 e. The Labute approximate surface area is 203 Å². The highest BCUT2D eigenvalue weighted by atomic mass is 16.5. The van der Waals surface area contributed by atoms with Gasteiger partial charge < -0.3 is 19.9 Å². The van der Waals surface area contributed by atoms with Gasteiger partial charge in [-0.25, -0.2) is 0 Å². The monoisotopic (exact) mass is 469 g/mol. The second-order valence-electron chi connectivity index (χ2n) is 10.4. The Morgan fingerprint density at radius 2 is 1.65 bits per heavy atom. The summed E-state index contributed by atoms with van der Waals surface area (Å²) in [6.07, 6.45) is 6.48. The number of carbonyl (C=O) groups is 3. The van der Waals surface area contributed by atoms with Crippen LogP contribution in [0.2, 0.25) is 0 Å². The van der Waals surface area contributed by atoms with E-state index in [0.717, 1.165) is 70.3 Å². The zero-order valence-electron chi connectivity index (χ0n) is 20.5. The van der Waals surface area contributed by atoms with Gasteiger partial charge >= 0.3 is 0 Å². The molecule has 0 radical (unpaired) electrons. The van der Waals surface area contributed by atoms with Crippen LogP contribution < -0.4 is 5.32 Å². The lowest BCUT2D eigenvalue weighted by molar-refractivity contribution is -0.149. The molecule has 4 rings (SSSR count). The summed E-state index contributed by atoms with van der Waals surface area (Å²) in [7, 11) is 0. The lowest BCUT2D eigenvalue weighted by Crippen LogP contribution is -2.51. The van der Waals surface area contributed by atoms with Crippen LogP contribution >= 0.6 is 0 Å². The van der Waals surface area contributed by atoms with Crippen LogP contribution in [-0.4, -0.2) is 65.9 Å². The second kappa shape index (κ2) is 11.3. The first-order chi connectivity index (χ1) is 16.4. The third kappa shape index (κ3) is 6.59. The molecule has 7 heteroatoms. The fraction of sp³-hybridized carbons (Fsp3) is 0.667. The van der Waals surface area contributed by atoms with Crippen LogP contribution in [0.5, 0.6) is 0 Å². The van der Waals surface area contributed by atoms with Crippen molar-refractivity contribution < 1.29 is 19.1 Å². The van der Waals surface area contributed by atoms with Crippen LogP contribution in [0.25, 0.3) is 0 Å². The Balaban J connectivity index is 1.19.